The quantitative estimate of drug-likeness (QED) is 0.595. The summed E-state index contributed by atoms with van der Waals surface area (Å²) < 4.78 is 0. The Balaban J connectivity index is 1.98. The lowest BCUT2D eigenvalue weighted by molar-refractivity contribution is -0.112. The number of hydrogen-bond acceptors (Lipinski definition) is 2. The Bertz CT molecular complexity index is 589. The molecule has 0 bridgehead atoms. The molecule has 0 aliphatic heterocycles. The van der Waals surface area contributed by atoms with E-state index in [0.29, 0.717) is 35.5 Å². The van der Waals surface area contributed by atoms with Crippen molar-refractivity contribution >= 4 is 6.41 Å². The number of carbonyl (C=O) groups is 1. The van der Waals surface area contributed by atoms with Crippen molar-refractivity contribution in [1.29, 1.82) is 5.26 Å². The normalized spacial score (nSPS) is 43.7. The lowest BCUT2D eigenvalue weighted by Gasteiger charge is -2.61. The van der Waals surface area contributed by atoms with Crippen LogP contribution in [-0.4, -0.2) is 11.9 Å². The summed E-state index contributed by atoms with van der Waals surface area (Å²) in [6, 6.07) is 2.83. The van der Waals surface area contributed by atoms with Crippen molar-refractivity contribution in [2.24, 2.45) is 40.9 Å². The van der Waals surface area contributed by atoms with Gasteiger partial charge in [-0.3, -0.25) is 4.79 Å². The van der Waals surface area contributed by atoms with Crippen LogP contribution in [0.25, 0.3) is 0 Å². The van der Waals surface area contributed by atoms with Gasteiger partial charge in [-0.15, -0.1) is 0 Å². The van der Waals surface area contributed by atoms with Gasteiger partial charge in [0.1, 0.15) is 0 Å². The van der Waals surface area contributed by atoms with Crippen molar-refractivity contribution in [2.45, 2.75) is 71.8 Å². The molecule has 3 nitrogen and oxygen atoms in total. The fourth-order valence-electron chi connectivity index (χ4n) is 6.77. The Morgan fingerprint density at radius 1 is 1.40 bits per heavy atom. The van der Waals surface area contributed by atoms with Crippen molar-refractivity contribution in [1.82, 2.24) is 5.32 Å². The first-order valence-electron chi connectivity index (χ1n) is 10.1. The highest BCUT2D eigenvalue weighted by Crippen LogP contribution is 2.65. The van der Waals surface area contributed by atoms with Crippen LogP contribution in [0, 0.1) is 52.3 Å². The molecular formula is C22H34N2O. The van der Waals surface area contributed by atoms with Gasteiger partial charge in [-0.2, -0.15) is 5.26 Å². The van der Waals surface area contributed by atoms with Gasteiger partial charge in [0.25, 0.3) is 0 Å². The minimum atomic E-state index is -0.202. The molecule has 3 heteroatoms. The Labute approximate surface area is 153 Å². The van der Waals surface area contributed by atoms with Gasteiger partial charge >= 0.3 is 0 Å². The number of nitriles is 1. The number of hydrogen-bond donors (Lipinski definition) is 1. The smallest absolute Gasteiger partial charge is 0.207 e. The van der Waals surface area contributed by atoms with E-state index in [9.17, 15) is 10.1 Å². The number of allylic oxidation sites excluding steroid dienone is 1. The van der Waals surface area contributed by atoms with E-state index < -0.39 is 0 Å². The molecule has 0 aromatic rings. The first-order chi connectivity index (χ1) is 11.8. The molecule has 3 fully saturated rings. The zero-order valence-corrected chi connectivity index (χ0v) is 16.3. The Kier molecular flexibility index (Phi) is 4.77. The summed E-state index contributed by atoms with van der Waals surface area (Å²) in [5.74, 6) is 3.24. The SMILES string of the molecule is C=C1CC[C@]2(C#N)C3C1[C@@H](CC(C)(C)NC=O)C[C@@H](C)C3CC[C@H]2C. The number of nitrogens with zero attached hydrogens (tertiary/aromatic N) is 1. The highest BCUT2D eigenvalue weighted by Gasteiger charge is 2.60. The van der Waals surface area contributed by atoms with Crippen LogP contribution in [0.2, 0.25) is 0 Å². The molecule has 25 heavy (non-hydrogen) atoms. The average Bonchev–Trinajstić information content (AvgIpc) is 2.54. The van der Waals surface area contributed by atoms with Crippen molar-refractivity contribution in [3.05, 3.63) is 12.2 Å². The van der Waals surface area contributed by atoms with Crippen LogP contribution in [0.4, 0.5) is 0 Å². The molecule has 0 aromatic carbocycles. The van der Waals surface area contributed by atoms with E-state index in [2.05, 4.69) is 45.7 Å². The zero-order valence-electron chi connectivity index (χ0n) is 16.3. The molecule has 7 atom stereocenters. The molecule has 0 heterocycles. The molecule has 1 N–H and O–H groups in total. The summed E-state index contributed by atoms with van der Waals surface area (Å²) in [5.41, 5.74) is 1.00. The molecule has 3 aliphatic carbocycles. The van der Waals surface area contributed by atoms with E-state index in [4.69, 9.17) is 0 Å². The largest absolute Gasteiger partial charge is 0.354 e. The molecule has 3 aliphatic rings. The van der Waals surface area contributed by atoms with Gasteiger partial charge in [-0.25, -0.2) is 0 Å². The number of carbonyl (C=O) groups excluding carboxylic acids is 1. The van der Waals surface area contributed by atoms with Crippen molar-refractivity contribution in [3.63, 3.8) is 0 Å². The van der Waals surface area contributed by atoms with Crippen LogP contribution in [0.1, 0.15) is 66.2 Å². The van der Waals surface area contributed by atoms with Crippen LogP contribution in [0.15, 0.2) is 12.2 Å². The molecule has 0 aromatic heterocycles. The fourth-order valence-corrected chi connectivity index (χ4v) is 6.77. The highest BCUT2D eigenvalue weighted by molar-refractivity contribution is 5.47. The van der Waals surface area contributed by atoms with Crippen LogP contribution in [-0.2, 0) is 4.79 Å². The van der Waals surface area contributed by atoms with Gasteiger partial charge in [-0.1, -0.05) is 26.0 Å². The van der Waals surface area contributed by atoms with Crippen LogP contribution < -0.4 is 5.32 Å². The lowest BCUT2D eigenvalue weighted by atomic mass is 9.42. The first-order valence-corrected chi connectivity index (χ1v) is 10.1. The fraction of sp³-hybridized carbons (Fsp3) is 0.818. The summed E-state index contributed by atoms with van der Waals surface area (Å²) in [4.78, 5) is 11.0. The van der Waals surface area contributed by atoms with Gasteiger partial charge in [0, 0.05) is 5.54 Å². The summed E-state index contributed by atoms with van der Waals surface area (Å²) in [6.45, 7) is 13.4. The predicted molar refractivity (Wildman–Crippen MR) is 100 cm³/mol. The summed E-state index contributed by atoms with van der Waals surface area (Å²) in [6.07, 6.45) is 7.45. The monoisotopic (exact) mass is 342 g/mol. The second-order valence-corrected chi connectivity index (χ2v) is 9.83. The van der Waals surface area contributed by atoms with E-state index in [1.54, 1.807) is 0 Å². The van der Waals surface area contributed by atoms with E-state index in [0.717, 1.165) is 25.7 Å². The van der Waals surface area contributed by atoms with E-state index >= 15 is 0 Å². The topological polar surface area (TPSA) is 52.9 Å². The third-order valence-corrected chi connectivity index (χ3v) is 7.93. The minimum Gasteiger partial charge on any atom is -0.354 e. The van der Waals surface area contributed by atoms with Gasteiger partial charge in [0.2, 0.25) is 6.41 Å². The highest BCUT2D eigenvalue weighted by atomic mass is 16.1. The average molecular weight is 343 g/mol. The maximum atomic E-state index is 11.0. The standard InChI is InChI=1S/C22H34N2O/c1-14-8-9-22(12-23)16(3)6-7-18-15(2)10-17(19(14)20(18)22)11-21(4,5)24-13-25/h13,15-20H,1,6-11H2,2-5H3,(H,24,25)/t15-,16-,17-,18?,19?,20?,22-/m1/s1. The molecule has 0 radical (unpaired) electrons. The third kappa shape index (κ3) is 2.92. The van der Waals surface area contributed by atoms with Gasteiger partial charge in [0.15, 0.2) is 0 Å². The van der Waals surface area contributed by atoms with Crippen molar-refractivity contribution in [3.8, 4) is 6.07 Å². The van der Waals surface area contributed by atoms with Crippen molar-refractivity contribution in [2.75, 3.05) is 0 Å². The van der Waals surface area contributed by atoms with E-state index in [1.807, 2.05) is 0 Å². The molecule has 138 valence electrons. The minimum absolute atomic E-state index is 0.163. The second-order valence-electron chi connectivity index (χ2n) is 9.83. The maximum Gasteiger partial charge on any atom is 0.207 e. The van der Waals surface area contributed by atoms with Crippen LogP contribution in [0.5, 0.6) is 0 Å². The van der Waals surface area contributed by atoms with E-state index in [-0.39, 0.29) is 11.0 Å². The molecule has 3 saturated carbocycles. The second kappa shape index (κ2) is 6.45. The van der Waals surface area contributed by atoms with Gasteiger partial charge in [-0.05, 0) is 87.9 Å². The maximum absolute atomic E-state index is 11.0. The lowest BCUT2D eigenvalue weighted by Crippen LogP contribution is -2.57. The number of rotatable bonds is 4. The number of nitrogens with one attached hydrogen (secondary N) is 1. The van der Waals surface area contributed by atoms with Crippen LogP contribution >= 0.6 is 0 Å². The summed E-state index contributed by atoms with van der Waals surface area (Å²) in [5, 5.41) is 13.2. The van der Waals surface area contributed by atoms with Crippen LogP contribution in [0.3, 0.4) is 0 Å². The summed E-state index contributed by atoms with van der Waals surface area (Å²) in [7, 11) is 0. The molecule has 0 spiro atoms. The van der Waals surface area contributed by atoms with Gasteiger partial charge < -0.3 is 5.32 Å². The van der Waals surface area contributed by atoms with E-state index in [1.165, 1.54) is 24.8 Å². The molecular weight excluding hydrogens is 308 g/mol. The predicted octanol–water partition coefficient (Wildman–Crippen LogP) is 4.70. The Morgan fingerprint density at radius 2 is 2.12 bits per heavy atom. The van der Waals surface area contributed by atoms with Crippen molar-refractivity contribution < 1.29 is 4.79 Å². The summed E-state index contributed by atoms with van der Waals surface area (Å²) >= 11 is 0. The zero-order chi connectivity index (χ0) is 18.4. The molecule has 0 saturated heterocycles. The molecule has 1 amide bonds. The Morgan fingerprint density at radius 3 is 2.76 bits per heavy atom. The molecule has 3 unspecified atom stereocenters. The first kappa shape index (κ1) is 18.5. The van der Waals surface area contributed by atoms with Gasteiger partial charge in [0.05, 0.1) is 11.5 Å². The Hall–Kier alpha value is -1.30. The number of amides is 1. The molecule has 3 rings (SSSR count). The third-order valence-electron chi connectivity index (χ3n) is 7.93.